The minimum Gasteiger partial charge on any atom is -0.514 e. The average Bonchev–Trinajstić information content (AvgIpc) is 3.43. The standard InChI is InChI=1S/C26H52BO4S2.C12H27N/c1-17(2)15-23-25(19(5)6,13-11-21(9)32)30-27(28-23)29-24(16-18(3)4)26(31-27,20(7)8)14-12-22(10)33;1-3-5-6-7-8-9-10-12(4-2)11-13/h17-24,32-33H,11-16H2,1-10H3;12H,3-11,13H2,1-2H3/q-1;/p+1. The van der Waals surface area contributed by atoms with Crippen LogP contribution in [0.1, 0.15) is 173 Å². The lowest BCUT2D eigenvalue weighted by atomic mass is 9.77. The zero-order valence-electron chi connectivity index (χ0n) is 32.6. The van der Waals surface area contributed by atoms with Gasteiger partial charge in [-0.25, -0.2) is 0 Å². The molecular formula is C38H80BNO4S2. The van der Waals surface area contributed by atoms with Gasteiger partial charge in [-0.15, -0.1) is 0 Å². The molecule has 2 saturated heterocycles. The molecular weight excluding hydrogens is 609 g/mol. The lowest BCUT2D eigenvalue weighted by Crippen LogP contribution is -2.53. The van der Waals surface area contributed by atoms with Gasteiger partial charge in [0.1, 0.15) is 0 Å². The first-order valence-corrected chi connectivity index (χ1v) is 20.6. The Labute approximate surface area is 298 Å². The topological polar surface area (TPSA) is 64.6 Å². The number of unbranched alkanes of at least 4 members (excludes halogenated alkanes) is 5. The van der Waals surface area contributed by atoms with E-state index in [9.17, 15) is 0 Å². The second kappa shape index (κ2) is 21.7. The van der Waals surface area contributed by atoms with Crippen LogP contribution in [0.5, 0.6) is 0 Å². The summed E-state index contributed by atoms with van der Waals surface area (Å²) < 4.78 is 27.6. The fraction of sp³-hybridized carbons (Fsp3) is 1.00. The third-order valence-corrected chi connectivity index (χ3v) is 11.2. The van der Waals surface area contributed by atoms with Crippen molar-refractivity contribution in [2.75, 3.05) is 6.54 Å². The smallest absolute Gasteiger partial charge is 0.514 e. The Morgan fingerprint density at radius 3 is 1.37 bits per heavy atom. The molecule has 0 radical (unpaired) electrons. The Morgan fingerprint density at radius 2 is 1.04 bits per heavy atom. The van der Waals surface area contributed by atoms with Crippen molar-refractivity contribution in [1.29, 1.82) is 0 Å². The van der Waals surface area contributed by atoms with Crippen molar-refractivity contribution in [3.05, 3.63) is 0 Å². The summed E-state index contributed by atoms with van der Waals surface area (Å²) in [7, 11) is 0. The maximum atomic E-state index is 6.99. The highest BCUT2D eigenvalue weighted by Crippen LogP contribution is 2.54. The second-order valence-corrected chi connectivity index (χ2v) is 18.2. The van der Waals surface area contributed by atoms with E-state index in [0.29, 0.717) is 22.3 Å². The van der Waals surface area contributed by atoms with Crippen molar-refractivity contribution in [2.24, 2.45) is 29.6 Å². The van der Waals surface area contributed by atoms with Crippen LogP contribution in [0.25, 0.3) is 0 Å². The molecule has 2 aliphatic rings. The molecule has 8 heteroatoms. The van der Waals surface area contributed by atoms with Crippen molar-refractivity contribution >= 4 is 32.2 Å². The molecule has 7 atom stereocenters. The van der Waals surface area contributed by atoms with Gasteiger partial charge < -0.3 is 24.4 Å². The quantitative estimate of drug-likeness (QED) is 0.0638. The van der Waals surface area contributed by atoms with E-state index < -0.39 is 18.2 Å². The van der Waals surface area contributed by atoms with Gasteiger partial charge in [-0.3, -0.25) is 0 Å². The Bertz CT molecular complexity index is 743. The van der Waals surface area contributed by atoms with Crippen LogP contribution < -0.4 is 5.73 Å². The Hall–Kier alpha value is 0.565. The summed E-state index contributed by atoms with van der Waals surface area (Å²) in [5.74, 6) is 2.42. The Kier molecular flexibility index (Phi) is 21.0. The number of hydrogen-bond donors (Lipinski definition) is 3. The van der Waals surface area contributed by atoms with E-state index in [4.69, 9.17) is 18.6 Å². The van der Waals surface area contributed by atoms with Crippen molar-refractivity contribution < 1.29 is 24.4 Å². The normalized spacial score (nSPS) is 30.1. The number of hydrogen-bond acceptors (Lipinski definition) is 6. The summed E-state index contributed by atoms with van der Waals surface area (Å²) in [5, 5.41) is 0.609. The predicted molar refractivity (Wildman–Crippen MR) is 207 cm³/mol. The third kappa shape index (κ3) is 13.7. The molecule has 7 unspecified atom stereocenters. The van der Waals surface area contributed by atoms with Crippen molar-refractivity contribution in [2.45, 2.75) is 207 Å². The molecule has 0 aromatic rings. The third-order valence-electron chi connectivity index (χ3n) is 10.7. The molecule has 276 valence electrons. The molecule has 0 amide bonds. The van der Waals surface area contributed by atoms with Gasteiger partial charge in [-0.2, -0.15) is 25.3 Å². The summed E-state index contributed by atoms with van der Waals surface area (Å²) in [6.45, 7) is 25.7. The van der Waals surface area contributed by atoms with Gasteiger partial charge in [0.05, 0.1) is 17.7 Å². The van der Waals surface area contributed by atoms with Crippen molar-refractivity contribution in [3.63, 3.8) is 0 Å². The molecule has 2 rings (SSSR count). The molecule has 0 saturated carbocycles. The van der Waals surface area contributed by atoms with Gasteiger partial charge in [0.2, 0.25) is 0 Å². The van der Waals surface area contributed by atoms with Crippen molar-refractivity contribution in [1.82, 2.24) is 0 Å². The highest BCUT2D eigenvalue weighted by atomic mass is 32.1. The first kappa shape index (κ1) is 44.6. The highest BCUT2D eigenvalue weighted by molar-refractivity contribution is 7.81. The van der Waals surface area contributed by atoms with E-state index in [1.165, 1.54) is 51.4 Å². The summed E-state index contributed by atoms with van der Waals surface area (Å²) in [6.07, 6.45) is 16.7. The van der Waals surface area contributed by atoms with Gasteiger partial charge in [-0.1, -0.05) is 122 Å². The van der Waals surface area contributed by atoms with E-state index in [1.807, 2.05) is 0 Å². The molecule has 0 aromatic carbocycles. The molecule has 1 spiro atoms. The number of quaternary nitrogens is 1. The summed E-state index contributed by atoms with van der Waals surface area (Å²) >= 11 is 9.34. The van der Waals surface area contributed by atoms with Crippen molar-refractivity contribution in [3.8, 4) is 0 Å². The van der Waals surface area contributed by atoms with E-state index in [-0.39, 0.29) is 24.0 Å². The zero-order chi connectivity index (χ0) is 35.1. The molecule has 0 bridgehead atoms. The Morgan fingerprint density at radius 1 is 0.630 bits per heavy atom. The van der Waals surface area contributed by atoms with E-state index in [2.05, 4.69) is 114 Å². The molecule has 5 nitrogen and oxygen atoms in total. The molecule has 3 N–H and O–H groups in total. The zero-order valence-corrected chi connectivity index (χ0v) is 34.4. The lowest BCUT2D eigenvalue weighted by molar-refractivity contribution is -0.379. The van der Waals surface area contributed by atoms with Crippen LogP contribution in [-0.2, 0) is 18.6 Å². The van der Waals surface area contributed by atoms with Crippen LogP contribution in [0.4, 0.5) is 0 Å². The first-order chi connectivity index (χ1) is 21.5. The molecule has 0 aliphatic carbocycles. The largest absolute Gasteiger partial charge is 0.532 e. The number of thiol groups is 2. The van der Waals surface area contributed by atoms with Gasteiger partial charge in [0, 0.05) is 18.1 Å². The van der Waals surface area contributed by atoms with E-state index in [0.717, 1.165) is 51.0 Å². The number of rotatable bonds is 21. The molecule has 46 heavy (non-hydrogen) atoms. The average molecular weight is 690 g/mol. The SMILES string of the molecule is CC(C)CC1O[B-]2(OC(CC(C)C)C(CCC(C)S)(C(C)C)O2)OC1(CCC(C)S)C(C)C.CCCCCCCCC(CC)C[NH3+]. The van der Waals surface area contributed by atoms with Gasteiger partial charge >= 0.3 is 6.96 Å². The maximum absolute atomic E-state index is 6.99. The van der Waals surface area contributed by atoms with Gasteiger partial charge in [-0.05, 0) is 85.5 Å². The van der Waals surface area contributed by atoms with Crippen LogP contribution in [0.15, 0.2) is 0 Å². The summed E-state index contributed by atoms with van der Waals surface area (Å²) in [5.41, 5.74) is 3.11. The summed E-state index contributed by atoms with van der Waals surface area (Å²) in [6, 6.07) is 0. The molecule has 2 heterocycles. The predicted octanol–water partition coefficient (Wildman–Crippen LogP) is 10.3. The van der Waals surface area contributed by atoms with Crippen LogP contribution >= 0.6 is 25.3 Å². The Balaban J connectivity index is 0.000000685. The van der Waals surface area contributed by atoms with Crippen LogP contribution in [0.2, 0.25) is 0 Å². The van der Waals surface area contributed by atoms with Gasteiger partial charge in [0.15, 0.2) is 0 Å². The highest BCUT2D eigenvalue weighted by Gasteiger charge is 2.64. The van der Waals surface area contributed by atoms with Crippen LogP contribution in [0.3, 0.4) is 0 Å². The minimum atomic E-state index is -2.28. The van der Waals surface area contributed by atoms with E-state index in [1.54, 1.807) is 0 Å². The first-order valence-electron chi connectivity index (χ1n) is 19.6. The van der Waals surface area contributed by atoms with E-state index >= 15 is 0 Å². The minimum absolute atomic E-state index is 0.0592. The molecule has 0 aromatic heterocycles. The van der Waals surface area contributed by atoms with Gasteiger partial charge in [0.25, 0.3) is 0 Å². The monoisotopic (exact) mass is 690 g/mol. The fourth-order valence-electron chi connectivity index (χ4n) is 7.52. The van der Waals surface area contributed by atoms with Crippen LogP contribution in [0, 0.1) is 29.6 Å². The molecule has 2 fully saturated rings. The van der Waals surface area contributed by atoms with Crippen LogP contribution in [-0.4, -0.2) is 47.4 Å². The maximum Gasteiger partial charge on any atom is 0.532 e. The lowest BCUT2D eigenvalue weighted by Gasteiger charge is -2.44. The summed E-state index contributed by atoms with van der Waals surface area (Å²) in [4.78, 5) is 0. The molecule has 2 aliphatic heterocycles. The fourth-order valence-corrected chi connectivity index (χ4v) is 7.78. The second-order valence-electron chi connectivity index (χ2n) is 16.4.